The van der Waals surface area contributed by atoms with Gasteiger partial charge in [-0.1, -0.05) is 66.7 Å². The standard InChI is InChI=1S/C23H21NO3/c25-22(15-14-18-8-3-1-4-9-18)27-21-13-7-12-20(16-21)23(26)24-17-19-10-5-2-6-11-19/h1-13,16H,14-15,17H2,(H,24,26). The third kappa shape index (κ3) is 5.82. The molecule has 3 rings (SSSR count). The zero-order valence-electron chi connectivity index (χ0n) is 14.9. The van der Waals surface area contributed by atoms with Crippen LogP contribution in [0.25, 0.3) is 0 Å². The lowest BCUT2D eigenvalue weighted by molar-refractivity contribution is -0.134. The molecule has 0 saturated heterocycles. The van der Waals surface area contributed by atoms with Crippen LogP contribution in [-0.4, -0.2) is 11.9 Å². The fraction of sp³-hybridized carbons (Fsp3) is 0.130. The number of carbonyl (C=O) groups excluding carboxylic acids is 2. The van der Waals surface area contributed by atoms with Gasteiger partial charge in [-0.2, -0.15) is 0 Å². The Hall–Kier alpha value is -3.40. The Balaban J connectivity index is 1.53. The van der Waals surface area contributed by atoms with Gasteiger partial charge in [0.05, 0.1) is 0 Å². The van der Waals surface area contributed by atoms with Crippen LogP contribution in [0.3, 0.4) is 0 Å². The highest BCUT2D eigenvalue weighted by Gasteiger charge is 2.10. The predicted octanol–water partition coefficient (Wildman–Crippen LogP) is 4.15. The second-order valence-electron chi connectivity index (χ2n) is 6.16. The lowest BCUT2D eigenvalue weighted by Crippen LogP contribution is -2.22. The number of benzene rings is 3. The summed E-state index contributed by atoms with van der Waals surface area (Å²) in [6.07, 6.45) is 0.908. The van der Waals surface area contributed by atoms with Crippen molar-refractivity contribution in [2.24, 2.45) is 0 Å². The van der Waals surface area contributed by atoms with Crippen molar-refractivity contribution >= 4 is 11.9 Å². The van der Waals surface area contributed by atoms with Gasteiger partial charge in [0.25, 0.3) is 5.91 Å². The summed E-state index contributed by atoms with van der Waals surface area (Å²) in [6, 6.07) is 26.1. The van der Waals surface area contributed by atoms with Crippen molar-refractivity contribution in [3.63, 3.8) is 0 Å². The van der Waals surface area contributed by atoms with Gasteiger partial charge in [-0.05, 0) is 35.7 Å². The number of ether oxygens (including phenoxy) is 1. The minimum absolute atomic E-state index is 0.207. The molecule has 0 aliphatic carbocycles. The second-order valence-corrected chi connectivity index (χ2v) is 6.16. The van der Waals surface area contributed by atoms with Gasteiger partial charge >= 0.3 is 5.97 Å². The first-order valence-corrected chi connectivity index (χ1v) is 8.87. The van der Waals surface area contributed by atoms with E-state index in [-0.39, 0.29) is 18.3 Å². The maximum absolute atomic E-state index is 12.3. The van der Waals surface area contributed by atoms with Crippen LogP contribution in [-0.2, 0) is 17.8 Å². The zero-order valence-corrected chi connectivity index (χ0v) is 14.9. The Bertz CT molecular complexity index is 892. The molecular formula is C23H21NO3. The molecule has 1 amide bonds. The van der Waals surface area contributed by atoms with Crippen LogP contribution < -0.4 is 10.1 Å². The van der Waals surface area contributed by atoms with Crippen molar-refractivity contribution in [3.8, 4) is 5.75 Å². The minimum atomic E-state index is -0.319. The number of hydrogen-bond donors (Lipinski definition) is 1. The van der Waals surface area contributed by atoms with E-state index in [0.29, 0.717) is 24.3 Å². The molecule has 0 saturated carbocycles. The van der Waals surface area contributed by atoms with E-state index >= 15 is 0 Å². The van der Waals surface area contributed by atoms with Crippen molar-refractivity contribution < 1.29 is 14.3 Å². The summed E-state index contributed by atoms with van der Waals surface area (Å²) in [5.41, 5.74) is 2.57. The van der Waals surface area contributed by atoms with E-state index in [0.717, 1.165) is 11.1 Å². The Labute approximate surface area is 158 Å². The molecule has 0 atom stereocenters. The number of hydrogen-bond acceptors (Lipinski definition) is 3. The normalized spacial score (nSPS) is 10.2. The zero-order chi connectivity index (χ0) is 18.9. The molecule has 0 fully saturated rings. The van der Waals surface area contributed by atoms with Crippen LogP contribution in [0.4, 0.5) is 0 Å². The molecule has 3 aromatic carbocycles. The van der Waals surface area contributed by atoms with Crippen molar-refractivity contribution in [2.45, 2.75) is 19.4 Å². The van der Waals surface area contributed by atoms with E-state index in [1.165, 1.54) is 0 Å². The first-order chi connectivity index (χ1) is 13.2. The van der Waals surface area contributed by atoms with Crippen LogP contribution in [0.15, 0.2) is 84.9 Å². The first kappa shape index (κ1) is 18.4. The van der Waals surface area contributed by atoms with Crippen molar-refractivity contribution in [1.29, 1.82) is 0 Å². The van der Waals surface area contributed by atoms with Gasteiger partial charge in [0, 0.05) is 18.5 Å². The van der Waals surface area contributed by atoms with Crippen LogP contribution in [0.5, 0.6) is 5.75 Å². The minimum Gasteiger partial charge on any atom is -0.426 e. The van der Waals surface area contributed by atoms with E-state index in [2.05, 4.69) is 5.32 Å². The SMILES string of the molecule is O=C(CCc1ccccc1)Oc1cccc(C(=O)NCc2ccccc2)c1. The largest absolute Gasteiger partial charge is 0.426 e. The second kappa shape index (κ2) is 9.34. The molecule has 0 bridgehead atoms. The number of carbonyl (C=O) groups is 2. The van der Waals surface area contributed by atoms with E-state index in [4.69, 9.17) is 4.74 Å². The van der Waals surface area contributed by atoms with Gasteiger partial charge in [-0.15, -0.1) is 0 Å². The van der Waals surface area contributed by atoms with E-state index in [9.17, 15) is 9.59 Å². The number of rotatable bonds is 7. The van der Waals surface area contributed by atoms with Crippen LogP contribution in [0.2, 0.25) is 0 Å². The third-order valence-electron chi connectivity index (χ3n) is 4.08. The van der Waals surface area contributed by atoms with Crippen LogP contribution in [0, 0.1) is 0 Å². The molecule has 0 unspecified atom stereocenters. The lowest BCUT2D eigenvalue weighted by atomic mass is 10.1. The quantitative estimate of drug-likeness (QED) is 0.509. The number of nitrogens with one attached hydrogen (secondary N) is 1. The van der Waals surface area contributed by atoms with E-state index in [1.54, 1.807) is 24.3 Å². The van der Waals surface area contributed by atoms with Crippen molar-refractivity contribution in [2.75, 3.05) is 0 Å². The number of esters is 1. The van der Waals surface area contributed by atoms with E-state index in [1.807, 2.05) is 60.7 Å². The molecule has 136 valence electrons. The summed E-state index contributed by atoms with van der Waals surface area (Å²) >= 11 is 0. The predicted molar refractivity (Wildman–Crippen MR) is 104 cm³/mol. The van der Waals surface area contributed by atoms with Gasteiger partial charge in [0.1, 0.15) is 5.75 Å². The molecule has 0 heterocycles. The molecular weight excluding hydrogens is 338 g/mol. The average molecular weight is 359 g/mol. The Morgan fingerprint density at radius 3 is 2.15 bits per heavy atom. The summed E-state index contributed by atoms with van der Waals surface area (Å²) in [5.74, 6) is -0.151. The van der Waals surface area contributed by atoms with Crippen LogP contribution >= 0.6 is 0 Å². The van der Waals surface area contributed by atoms with Crippen LogP contribution in [0.1, 0.15) is 27.9 Å². The molecule has 4 heteroatoms. The van der Waals surface area contributed by atoms with Gasteiger partial charge in [-0.25, -0.2) is 0 Å². The monoisotopic (exact) mass is 359 g/mol. The molecule has 4 nitrogen and oxygen atoms in total. The van der Waals surface area contributed by atoms with Crippen molar-refractivity contribution in [3.05, 3.63) is 102 Å². The third-order valence-corrected chi connectivity index (χ3v) is 4.08. The Kier molecular flexibility index (Phi) is 6.36. The van der Waals surface area contributed by atoms with E-state index < -0.39 is 0 Å². The van der Waals surface area contributed by atoms with Crippen molar-refractivity contribution in [1.82, 2.24) is 5.32 Å². The smallest absolute Gasteiger partial charge is 0.311 e. The summed E-state index contributed by atoms with van der Waals surface area (Å²) in [7, 11) is 0. The maximum Gasteiger partial charge on any atom is 0.311 e. The number of amides is 1. The average Bonchev–Trinajstić information content (AvgIpc) is 2.72. The fourth-order valence-electron chi connectivity index (χ4n) is 2.65. The highest BCUT2D eigenvalue weighted by molar-refractivity contribution is 5.94. The highest BCUT2D eigenvalue weighted by atomic mass is 16.5. The van der Waals surface area contributed by atoms with Gasteiger partial charge in [0.15, 0.2) is 0 Å². The molecule has 0 spiro atoms. The summed E-state index contributed by atoms with van der Waals surface area (Å²) in [5, 5.41) is 2.86. The Morgan fingerprint density at radius 1 is 0.778 bits per heavy atom. The summed E-state index contributed by atoms with van der Waals surface area (Å²) in [4.78, 5) is 24.4. The molecule has 0 aliphatic heterocycles. The number of aryl methyl sites for hydroxylation is 1. The molecule has 27 heavy (non-hydrogen) atoms. The lowest BCUT2D eigenvalue weighted by Gasteiger charge is -2.08. The van der Waals surface area contributed by atoms with Gasteiger partial charge in [0.2, 0.25) is 0 Å². The fourth-order valence-corrected chi connectivity index (χ4v) is 2.65. The topological polar surface area (TPSA) is 55.4 Å². The Morgan fingerprint density at radius 2 is 1.44 bits per heavy atom. The highest BCUT2D eigenvalue weighted by Crippen LogP contribution is 2.15. The van der Waals surface area contributed by atoms with Gasteiger partial charge < -0.3 is 10.1 Å². The molecule has 3 aromatic rings. The maximum atomic E-state index is 12.3. The van der Waals surface area contributed by atoms with Gasteiger partial charge in [-0.3, -0.25) is 9.59 Å². The molecule has 0 aliphatic rings. The molecule has 0 aromatic heterocycles. The summed E-state index contributed by atoms with van der Waals surface area (Å²) < 4.78 is 5.37. The molecule has 1 N–H and O–H groups in total. The molecule has 0 radical (unpaired) electrons. The first-order valence-electron chi connectivity index (χ1n) is 8.87. The summed E-state index contributed by atoms with van der Waals surface area (Å²) in [6.45, 7) is 0.445.